The number of hydrogen-bond donors (Lipinski definition) is 1. The van der Waals surface area contributed by atoms with Crippen LogP contribution in [0.25, 0.3) is 0 Å². The first-order chi connectivity index (χ1) is 12.1. The molecule has 0 radical (unpaired) electrons. The van der Waals surface area contributed by atoms with Crippen LogP contribution in [0.2, 0.25) is 0 Å². The third kappa shape index (κ3) is 4.05. The largest absolute Gasteiger partial charge is 0.497 e. The first-order valence-corrected chi connectivity index (χ1v) is 9.68. The van der Waals surface area contributed by atoms with Gasteiger partial charge in [0.25, 0.3) is 0 Å². The van der Waals surface area contributed by atoms with Crippen molar-refractivity contribution in [3.8, 4) is 5.75 Å². The van der Waals surface area contributed by atoms with E-state index in [0.29, 0.717) is 12.5 Å². The summed E-state index contributed by atoms with van der Waals surface area (Å²) in [7, 11) is 1.67. The highest BCUT2D eigenvalue weighted by atomic mass is 32.1. The standard InChI is InChI=1S/C20H26N2O2S/c1-14(2)12-21-13-19(23)22-10-8-18-17(9-11-25-18)20(22)15-4-6-16(24-3)7-5-15/h4-7,9,11,14,20-21H,8,10,12-13H2,1-3H3. The number of ether oxygens (including phenoxy) is 1. The molecule has 134 valence electrons. The Balaban J connectivity index is 1.84. The summed E-state index contributed by atoms with van der Waals surface area (Å²) in [6, 6.07) is 10.2. The minimum Gasteiger partial charge on any atom is -0.497 e. The van der Waals surface area contributed by atoms with Gasteiger partial charge in [-0.05, 0) is 53.6 Å². The lowest BCUT2D eigenvalue weighted by Crippen LogP contribution is -2.44. The zero-order valence-corrected chi connectivity index (χ0v) is 15.9. The summed E-state index contributed by atoms with van der Waals surface area (Å²) in [4.78, 5) is 16.3. The maximum Gasteiger partial charge on any atom is 0.237 e. The van der Waals surface area contributed by atoms with Gasteiger partial charge in [-0.25, -0.2) is 0 Å². The van der Waals surface area contributed by atoms with Crippen molar-refractivity contribution in [2.45, 2.75) is 26.3 Å². The molecular formula is C20H26N2O2S. The molecule has 4 nitrogen and oxygen atoms in total. The van der Waals surface area contributed by atoms with E-state index < -0.39 is 0 Å². The molecule has 0 spiro atoms. The highest BCUT2D eigenvalue weighted by molar-refractivity contribution is 7.10. The summed E-state index contributed by atoms with van der Waals surface area (Å²) in [5.41, 5.74) is 2.40. The van der Waals surface area contributed by atoms with Gasteiger partial charge < -0.3 is 15.0 Å². The van der Waals surface area contributed by atoms with E-state index in [9.17, 15) is 4.79 Å². The monoisotopic (exact) mass is 358 g/mol. The normalized spacial score (nSPS) is 16.8. The summed E-state index contributed by atoms with van der Waals surface area (Å²) in [5.74, 6) is 1.54. The van der Waals surface area contributed by atoms with Crippen LogP contribution in [0.15, 0.2) is 35.7 Å². The predicted octanol–water partition coefficient (Wildman–Crippen LogP) is 3.48. The summed E-state index contributed by atoms with van der Waals surface area (Å²) in [5, 5.41) is 5.41. The second-order valence-corrected chi connectivity index (χ2v) is 7.84. The summed E-state index contributed by atoms with van der Waals surface area (Å²) in [6.45, 7) is 6.32. The van der Waals surface area contributed by atoms with Gasteiger partial charge in [0.15, 0.2) is 0 Å². The molecule has 1 aliphatic rings. The molecule has 1 amide bonds. The number of hydrogen-bond acceptors (Lipinski definition) is 4. The molecule has 0 saturated carbocycles. The van der Waals surface area contributed by atoms with Crippen LogP contribution in [0.1, 0.15) is 35.9 Å². The van der Waals surface area contributed by atoms with Gasteiger partial charge >= 0.3 is 0 Å². The molecule has 25 heavy (non-hydrogen) atoms. The average Bonchev–Trinajstić information content (AvgIpc) is 3.09. The molecule has 1 unspecified atom stereocenters. The zero-order chi connectivity index (χ0) is 17.8. The van der Waals surface area contributed by atoms with Crippen LogP contribution >= 0.6 is 11.3 Å². The number of methoxy groups -OCH3 is 1. The van der Waals surface area contributed by atoms with Gasteiger partial charge in [-0.2, -0.15) is 0 Å². The van der Waals surface area contributed by atoms with Gasteiger partial charge in [0.1, 0.15) is 5.75 Å². The summed E-state index contributed by atoms with van der Waals surface area (Å²) < 4.78 is 5.27. The van der Waals surface area contributed by atoms with Crippen LogP contribution in [-0.4, -0.2) is 37.6 Å². The molecule has 3 rings (SSSR count). The van der Waals surface area contributed by atoms with Crippen LogP contribution in [0.3, 0.4) is 0 Å². The molecule has 0 aliphatic carbocycles. The Morgan fingerprint density at radius 3 is 2.76 bits per heavy atom. The van der Waals surface area contributed by atoms with Crippen LogP contribution in [0, 0.1) is 5.92 Å². The Morgan fingerprint density at radius 2 is 2.08 bits per heavy atom. The number of thiophene rings is 1. The topological polar surface area (TPSA) is 41.6 Å². The van der Waals surface area contributed by atoms with E-state index in [4.69, 9.17) is 4.74 Å². The second-order valence-electron chi connectivity index (χ2n) is 6.84. The minimum atomic E-state index is -0.00532. The molecule has 0 bridgehead atoms. The smallest absolute Gasteiger partial charge is 0.237 e. The highest BCUT2D eigenvalue weighted by Crippen LogP contribution is 2.38. The number of nitrogens with one attached hydrogen (secondary N) is 1. The molecule has 2 aromatic rings. The van der Waals surface area contributed by atoms with Crippen molar-refractivity contribution >= 4 is 17.2 Å². The van der Waals surface area contributed by atoms with Crippen LogP contribution in [-0.2, 0) is 11.2 Å². The van der Waals surface area contributed by atoms with Gasteiger partial charge in [-0.15, -0.1) is 11.3 Å². The van der Waals surface area contributed by atoms with E-state index in [1.54, 1.807) is 18.4 Å². The third-order valence-electron chi connectivity index (χ3n) is 4.55. The van der Waals surface area contributed by atoms with Crippen molar-refractivity contribution in [3.05, 3.63) is 51.7 Å². The van der Waals surface area contributed by atoms with Crippen LogP contribution < -0.4 is 10.1 Å². The van der Waals surface area contributed by atoms with E-state index in [0.717, 1.165) is 30.8 Å². The number of nitrogens with zero attached hydrogens (tertiary/aromatic N) is 1. The summed E-state index contributed by atoms with van der Waals surface area (Å²) >= 11 is 1.79. The first kappa shape index (κ1) is 18.0. The average molecular weight is 359 g/mol. The molecule has 2 heterocycles. The number of rotatable bonds is 6. The van der Waals surface area contributed by atoms with Gasteiger partial charge in [0.2, 0.25) is 5.91 Å². The molecule has 1 aromatic heterocycles. The third-order valence-corrected chi connectivity index (χ3v) is 5.54. The van der Waals surface area contributed by atoms with Gasteiger partial charge in [-0.3, -0.25) is 4.79 Å². The Morgan fingerprint density at radius 1 is 1.32 bits per heavy atom. The first-order valence-electron chi connectivity index (χ1n) is 8.80. The van der Waals surface area contributed by atoms with Gasteiger partial charge in [0, 0.05) is 11.4 Å². The quantitative estimate of drug-likeness (QED) is 0.860. The van der Waals surface area contributed by atoms with E-state index in [2.05, 4.69) is 42.7 Å². The van der Waals surface area contributed by atoms with Crippen LogP contribution in [0.4, 0.5) is 0 Å². The van der Waals surface area contributed by atoms with Gasteiger partial charge in [-0.1, -0.05) is 26.0 Å². The Kier molecular flexibility index (Phi) is 5.76. The maximum absolute atomic E-state index is 12.9. The Bertz CT molecular complexity index is 709. The fraction of sp³-hybridized carbons (Fsp3) is 0.450. The van der Waals surface area contributed by atoms with Gasteiger partial charge in [0.05, 0.1) is 19.7 Å². The van der Waals surface area contributed by atoms with E-state index in [1.165, 1.54) is 10.4 Å². The lowest BCUT2D eigenvalue weighted by molar-refractivity contribution is -0.132. The minimum absolute atomic E-state index is 0.00532. The number of carbonyl (C=O) groups excluding carboxylic acids is 1. The van der Waals surface area contributed by atoms with Crippen molar-refractivity contribution in [2.24, 2.45) is 5.92 Å². The fourth-order valence-electron chi connectivity index (χ4n) is 3.30. The number of carbonyl (C=O) groups is 1. The molecule has 0 fully saturated rings. The highest BCUT2D eigenvalue weighted by Gasteiger charge is 2.32. The molecule has 1 N–H and O–H groups in total. The molecule has 1 atom stereocenters. The zero-order valence-electron chi connectivity index (χ0n) is 15.1. The Hall–Kier alpha value is -1.85. The molecule has 5 heteroatoms. The second kappa shape index (κ2) is 8.02. The molecule has 1 aliphatic heterocycles. The molecule has 0 saturated heterocycles. The van der Waals surface area contributed by atoms with E-state index in [1.807, 2.05) is 17.0 Å². The van der Waals surface area contributed by atoms with Crippen LogP contribution in [0.5, 0.6) is 5.75 Å². The lowest BCUT2D eigenvalue weighted by Gasteiger charge is -2.36. The molecule has 1 aromatic carbocycles. The van der Waals surface area contributed by atoms with Crippen molar-refractivity contribution in [1.29, 1.82) is 0 Å². The fourth-order valence-corrected chi connectivity index (χ4v) is 4.20. The van der Waals surface area contributed by atoms with Crippen molar-refractivity contribution < 1.29 is 9.53 Å². The maximum atomic E-state index is 12.9. The van der Waals surface area contributed by atoms with E-state index >= 15 is 0 Å². The lowest BCUT2D eigenvalue weighted by atomic mass is 9.93. The van der Waals surface area contributed by atoms with Crippen molar-refractivity contribution in [2.75, 3.05) is 26.7 Å². The predicted molar refractivity (Wildman–Crippen MR) is 102 cm³/mol. The Labute approximate surface area is 153 Å². The summed E-state index contributed by atoms with van der Waals surface area (Å²) in [6.07, 6.45) is 0.940. The number of fused-ring (bicyclic) bond motifs is 1. The van der Waals surface area contributed by atoms with E-state index in [-0.39, 0.29) is 11.9 Å². The number of amides is 1. The molecular weight excluding hydrogens is 332 g/mol. The number of benzene rings is 1. The van der Waals surface area contributed by atoms with Crippen molar-refractivity contribution in [1.82, 2.24) is 10.2 Å². The SMILES string of the molecule is COc1ccc(C2c3ccsc3CCN2C(=O)CNCC(C)C)cc1. The van der Waals surface area contributed by atoms with Crippen molar-refractivity contribution in [3.63, 3.8) is 0 Å².